The fourth-order valence-electron chi connectivity index (χ4n) is 1.09. The second-order valence-corrected chi connectivity index (χ2v) is 4.96. The fraction of sp³-hybridized carbons (Fsp3) is 0.909. The summed E-state index contributed by atoms with van der Waals surface area (Å²) in [5.41, 5.74) is 0. The zero-order chi connectivity index (χ0) is 11.5. The van der Waals surface area contributed by atoms with Crippen molar-refractivity contribution in [1.82, 2.24) is 10.6 Å². The summed E-state index contributed by atoms with van der Waals surface area (Å²) in [6.07, 6.45) is 2.18. The van der Waals surface area contributed by atoms with Crippen molar-refractivity contribution in [3.63, 3.8) is 0 Å². The summed E-state index contributed by atoms with van der Waals surface area (Å²) < 4.78 is 0. The van der Waals surface area contributed by atoms with Crippen LogP contribution in [-0.2, 0) is 4.79 Å². The number of rotatable bonds is 9. The van der Waals surface area contributed by atoms with Crippen molar-refractivity contribution in [1.29, 1.82) is 0 Å². The molecule has 3 nitrogen and oxygen atoms in total. The number of carbonyl (C=O) groups excluding carboxylic acids is 1. The average Bonchev–Trinajstić information content (AvgIpc) is 2.24. The van der Waals surface area contributed by atoms with Crippen LogP contribution in [0, 0.1) is 0 Å². The third kappa shape index (κ3) is 10.1. The summed E-state index contributed by atoms with van der Waals surface area (Å²) >= 11 is 1.90. The minimum absolute atomic E-state index is 0.108. The third-order valence-corrected chi connectivity index (χ3v) is 3.18. The number of hydrogen-bond acceptors (Lipinski definition) is 3. The first-order valence-corrected chi connectivity index (χ1v) is 6.94. The van der Waals surface area contributed by atoms with Crippen LogP contribution < -0.4 is 10.6 Å². The van der Waals surface area contributed by atoms with E-state index in [1.807, 2.05) is 11.8 Å². The molecule has 4 heteroatoms. The molecular weight excluding hydrogens is 208 g/mol. The first-order valence-electron chi connectivity index (χ1n) is 5.78. The van der Waals surface area contributed by atoms with Crippen LogP contribution in [0.2, 0.25) is 0 Å². The minimum Gasteiger partial charge on any atom is -0.355 e. The maximum atomic E-state index is 11.3. The van der Waals surface area contributed by atoms with Gasteiger partial charge in [-0.15, -0.1) is 0 Å². The summed E-state index contributed by atoms with van der Waals surface area (Å²) in [6, 6.07) is 0.409. The third-order valence-electron chi connectivity index (χ3n) is 2.04. The summed E-state index contributed by atoms with van der Waals surface area (Å²) in [6.45, 7) is 7.62. The molecular formula is C11H24N2OS. The van der Waals surface area contributed by atoms with Gasteiger partial charge in [0, 0.05) is 18.3 Å². The van der Waals surface area contributed by atoms with Crippen LogP contribution >= 0.6 is 11.8 Å². The second-order valence-electron chi connectivity index (χ2n) is 3.64. The lowest BCUT2D eigenvalue weighted by molar-refractivity contribution is -0.120. The first kappa shape index (κ1) is 14.8. The molecule has 0 aromatic heterocycles. The molecule has 0 spiro atoms. The van der Waals surface area contributed by atoms with Gasteiger partial charge in [0.1, 0.15) is 0 Å². The lowest BCUT2D eigenvalue weighted by atomic mass is 10.3. The zero-order valence-corrected chi connectivity index (χ0v) is 11.0. The molecule has 0 aromatic carbocycles. The smallest absolute Gasteiger partial charge is 0.233 e. The Morgan fingerprint density at radius 3 is 2.73 bits per heavy atom. The molecule has 0 bridgehead atoms. The molecule has 0 saturated heterocycles. The van der Waals surface area contributed by atoms with Crippen LogP contribution in [0.1, 0.15) is 33.6 Å². The predicted molar refractivity (Wildman–Crippen MR) is 68.4 cm³/mol. The Kier molecular flexibility index (Phi) is 10.2. The number of unbranched alkanes of at least 4 members (excludes halogenated alkanes) is 1. The molecule has 0 aliphatic heterocycles. The Hall–Kier alpha value is -0.220. The molecule has 0 aliphatic carbocycles. The van der Waals surface area contributed by atoms with Crippen molar-refractivity contribution in [2.45, 2.75) is 39.7 Å². The highest BCUT2D eigenvalue weighted by Gasteiger charge is 2.04. The van der Waals surface area contributed by atoms with Crippen LogP contribution in [-0.4, -0.2) is 36.5 Å². The lowest BCUT2D eigenvalue weighted by Gasteiger charge is -2.12. The summed E-state index contributed by atoms with van der Waals surface area (Å²) in [4.78, 5) is 11.3. The Bertz CT molecular complexity index is 165. The van der Waals surface area contributed by atoms with E-state index in [4.69, 9.17) is 0 Å². The predicted octanol–water partition coefficient (Wildman–Crippen LogP) is 1.63. The maximum absolute atomic E-state index is 11.3. The highest BCUT2D eigenvalue weighted by atomic mass is 32.2. The van der Waals surface area contributed by atoms with E-state index >= 15 is 0 Å². The van der Waals surface area contributed by atoms with E-state index in [2.05, 4.69) is 31.4 Å². The van der Waals surface area contributed by atoms with Crippen LogP contribution in [0.15, 0.2) is 0 Å². The monoisotopic (exact) mass is 232 g/mol. The minimum atomic E-state index is 0.108. The molecule has 0 radical (unpaired) electrons. The highest BCUT2D eigenvalue weighted by molar-refractivity contribution is 7.99. The summed E-state index contributed by atoms with van der Waals surface area (Å²) in [7, 11) is 0. The maximum Gasteiger partial charge on any atom is 0.233 e. The molecule has 0 rings (SSSR count). The fourth-order valence-corrected chi connectivity index (χ4v) is 1.79. The number of carbonyl (C=O) groups is 1. The van der Waals surface area contributed by atoms with Gasteiger partial charge in [0.05, 0.1) is 6.54 Å². The largest absolute Gasteiger partial charge is 0.355 e. The Labute approximate surface area is 97.8 Å². The van der Waals surface area contributed by atoms with E-state index in [0.717, 1.165) is 30.9 Å². The van der Waals surface area contributed by atoms with E-state index in [1.54, 1.807) is 0 Å². The topological polar surface area (TPSA) is 41.1 Å². The van der Waals surface area contributed by atoms with Gasteiger partial charge < -0.3 is 10.6 Å². The van der Waals surface area contributed by atoms with Gasteiger partial charge in [-0.2, -0.15) is 11.8 Å². The standard InChI is InChI=1S/C11H24N2OS/c1-4-6-7-12-11(14)8-13-10(3)9-15-5-2/h10,13H,4-9H2,1-3H3,(H,12,14). The van der Waals surface area contributed by atoms with Gasteiger partial charge >= 0.3 is 0 Å². The molecule has 2 N–H and O–H groups in total. The van der Waals surface area contributed by atoms with Crippen LogP contribution in [0.5, 0.6) is 0 Å². The molecule has 1 atom stereocenters. The number of amides is 1. The molecule has 0 fully saturated rings. The van der Waals surface area contributed by atoms with Crippen molar-refractivity contribution in [2.75, 3.05) is 24.6 Å². The summed E-state index contributed by atoms with van der Waals surface area (Å²) in [5, 5.41) is 6.10. The van der Waals surface area contributed by atoms with Gasteiger partial charge in [0.15, 0.2) is 0 Å². The van der Waals surface area contributed by atoms with Crippen molar-refractivity contribution in [3.8, 4) is 0 Å². The Morgan fingerprint density at radius 2 is 2.13 bits per heavy atom. The van der Waals surface area contributed by atoms with Gasteiger partial charge in [-0.1, -0.05) is 20.3 Å². The van der Waals surface area contributed by atoms with Crippen molar-refractivity contribution >= 4 is 17.7 Å². The van der Waals surface area contributed by atoms with Gasteiger partial charge in [0.2, 0.25) is 5.91 Å². The SMILES string of the molecule is CCCCNC(=O)CNC(C)CSCC. The van der Waals surface area contributed by atoms with E-state index in [0.29, 0.717) is 12.6 Å². The Balaban J connectivity index is 3.36. The Morgan fingerprint density at radius 1 is 1.40 bits per heavy atom. The van der Waals surface area contributed by atoms with E-state index in [9.17, 15) is 4.79 Å². The molecule has 1 amide bonds. The quantitative estimate of drug-likeness (QED) is 0.594. The molecule has 0 aromatic rings. The highest BCUT2D eigenvalue weighted by Crippen LogP contribution is 2.00. The molecule has 0 heterocycles. The molecule has 1 unspecified atom stereocenters. The van der Waals surface area contributed by atoms with Crippen LogP contribution in [0.25, 0.3) is 0 Å². The lowest BCUT2D eigenvalue weighted by Crippen LogP contribution is -2.39. The van der Waals surface area contributed by atoms with Gasteiger partial charge in [-0.25, -0.2) is 0 Å². The average molecular weight is 232 g/mol. The van der Waals surface area contributed by atoms with Gasteiger partial charge in [-0.3, -0.25) is 4.79 Å². The van der Waals surface area contributed by atoms with E-state index in [-0.39, 0.29) is 5.91 Å². The van der Waals surface area contributed by atoms with E-state index < -0.39 is 0 Å². The number of nitrogens with one attached hydrogen (secondary N) is 2. The number of hydrogen-bond donors (Lipinski definition) is 2. The molecule has 0 saturated carbocycles. The molecule has 15 heavy (non-hydrogen) atoms. The van der Waals surface area contributed by atoms with Crippen molar-refractivity contribution < 1.29 is 4.79 Å². The van der Waals surface area contributed by atoms with Crippen molar-refractivity contribution in [2.24, 2.45) is 0 Å². The van der Waals surface area contributed by atoms with Crippen LogP contribution in [0.3, 0.4) is 0 Å². The first-order chi connectivity index (χ1) is 7.20. The normalized spacial score (nSPS) is 12.5. The van der Waals surface area contributed by atoms with E-state index in [1.165, 1.54) is 0 Å². The van der Waals surface area contributed by atoms with Crippen molar-refractivity contribution in [3.05, 3.63) is 0 Å². The summed E-state index contributed by atoms with van der Waals surface area (Å²) in [5.74, 6) is 2.31. The zero-order valence-electron chi connectivity index (χ0n) is 10.1. The van der Waals surface area contributed by atoms with Gasteiger partial charge in [0.25, 0.3) is 0 Å². The van der Waals surface area contributed by atoms with Gasteiger partial charge in [-0.05, 0) is 19.1 Å². The number of thioether (sulfide) groups is 1. The van der Waals surface area contributed by atoms with Crippen LogP contribution in [0.4, 0.5) is 0 Å². The molecule has 90 valence electrons. The second kappa shape index (κ2) is 10.3. The molecule has 0 aliphatic rings.